The first kappa shape index (κ1) is 14.3. The average Bonchev–Trinajstić information content (AvgIpc) is 2.62. The fraction of sp³-hybridized carbons (Fsp3) is 0.833. The van der Waals surface area contributed by atoms with E-state index < -0.39 is 17.5 Å². The summed E-state index contributed by atoms with van der Waals surface area (Å²) in [6.07, 6.45) is 0.811. The van der Waals surface area contributed by atoms with E-state index in [-0.39, 0.29) is 18.8 Å². The summed E-state index contributed by atoms with van der Waals surface area (Å²) in [6, 6.07) is 0. The van der Waals surface area contributed by atoms with Crippen molar-refractivity contribution < 1.29 is 24.2 Å². The van der Waals surface area contributed by atoms with E-state index >= 15 is 0 Å². The van der Waals surface area contributed by atoms with Crippen LogP contribution in [0.5, 0.6) is 0 Å². The fourth-order valence-corrected chi connectivity index (χ4v) is 1.82. The molecular weight excluding hydrogens is 224 g/mol. The van der Waals surface area contributed by atoms with Crippen LogP contribution in [0.3, 0.4) is 0 Å². The van der Waals surface area contributed by atoms with Crippen molar-refractivity contribution in [3.63, 3.8) is 0 Å². The van der Waals surface area contributed by atoms with Gasteiger partial charge in [-0.3, -0.25) is 9.59 Å². The highest BCUT2D eigenvalue weighted by Crippen LogP contribution is 2.32. The molecule has 0 aromatic rings. The van der Waals surface area contributed by atoms with Crippen molar-refractivity contribution >= 4 is 12.1 Å². The second-order valence-corrected chi connectivity index (χ2v) is 4.84. The lowest BCUT2D eigenvalue weighted by Gasteiger charge is -2.27. The third kappa shape index (κ3) is 3.12. The van der Waals surface area contributed by atoms with Gasteiger partial charge >= 0.3 is 0 Å². The number of carbonyl (C=O) groups excluding carboxylic acids is 2. The van der Waals surface area contributed by atoms with Gasteiger partial charge in [-0.2, -0.15) is 0 Å². The van der Waals surface area contributed by atoms with Crippen molar-refractivity contribution in [1.82, 2.24) is 0 Å². The first-order chi connectivity index (χ1) is 7.87. The third-order valence-corrected chi connectivity index (χ3v) is 2.83. The molecule has 98 valence electrons. The number of Topliss-reactive ketones (excluding diaryl/α,β-unsaturated/α-hetero) is 1. The van der Waals surface area contributed by atoms with E-state index in [0.29, 0.717) is 12.7 Å². The second kappa shape index (κ2) is 5.25. The Labute approximate surface area is 101 Å². The number of aliphatic hydroxyl groups is 1. The van der Waals surface area contributed by atoms with E-state index in [9.17, 15) is 14.7 Å². The number of rotatable bonds is 6. The van der Waals surface area contributed by atoms with Crippen molar-refractivity contribution in [3.05, 3.63) is 0 Å². The molecule has 17 heavy (non-hydrogen) atoms. The van der Waals surface area contributed by atoms with Crippen LogP contribution in [-0.2, 0) is 19.1 Å². The molecule has 1 heterocycles. The van der Waals surface area contributed by atoms with Gasteiger partial charge in [-0.15, -0.1) is 0 Å². The van der Waals surface area contributed by atoms with Gasteiger partial charge in [-0.25, -0.2) is 0 Å². The van der Waals surface area contributed by atoms with Crippen LogP contribution < -0.4 is 0 Å². The molecule has 5 nitrogen and oxygen atoms in total. The highest BCUT2D eigenvalue weighted by Gasteiger charge is 2.52. The minimum Gasteiger partial charge on any atom is -0.382 e. The lowest BCUT2D eigenvalue weighted by atomic mass is 9.93. The van der Waals surface area contributed by atoms with Gasteiger partial charge in [0.2, 0.25) is 0 Å². The summed E-state index contributed by atoms with van der Waals surface area (Å²) in [5.74, 6) is -1.33. The topological polar surface area (TPSA) is 72.8 Å². The molecule has 0 radical (unpaired) electrons. The summed E-state index contributed by atoms with van der Waals surface area (Å²) >= 11 is 0. The van der Waals surface area contributed by atoms with Crippen molar-refractivity contribution in [2.75, 3.05) is 6.61 Å². The molecule has 1 rings (SSSR count). The zero-order valence-corrected chi connectivity index (χ0v) is 10.6. The molecule has 0 aliphatic carbocycles. The van der Waals surface area contributed by atoms with E-state index in [0.717, 1.165) is 6.42 Å². The first-order valence-corrected chi connectivity index (χ1v) is 5.88. The third-order valence-electron chi connectivity index (χ3n) is 2.83. The Morgan fingerprint density at radius 1 is 1.53 bits per heavy atom. The Morgan fingerprint density at radius 3 is 2.59 bits per heavy atom. The minimum absolute atomic E-state index is 0.0947. The number of ketones is 1. The summed E-state index contributed by atoms with van der Waals surface area (Å²) in [5, 5.41) is 9.94. The largest absolute Gasteiger partial charge is 0.382 e. The van der Waals surface area contributed by atoms with E-state index in [1.165, 1.54) is 0 Å². The molecule has 2 atom stereocenters. The smallest absolute Gasteiger partial charge is 0.182 e. The quantitative estimate of drug-likeness (QED) is 0.700. The number of hydrogen-bond acceptors (Lipinski definition) is 5. The average molecular weight is 244 g/mol. The number of aldehydes is 1. The molecule has 5 heteroatoms. The summed E-state index contributed by atoms with van der Waals surface area (Å²) in [5.41, 5.74) is -1.55. The maximum absolute atomic E-state index is 11.7. The van der Waals surface area contributed by atoms with Gasteiger partial charge in [-0.1, -0.05) is 13.3 Å². The van der Waals surface area contributed by atoms with E-state index in [1.54, 1.807) is 13.8 Å². The summed E-state index contributed by atoms with van der Waals surface area (Å²) in [4.78, 5) is 22.8. The Kier molecular flexibility index (Phi) is 4.41. The predicted molar refractivity (Wildman–Crippen MR) is 60.4 cm³/mol. The molecule has 1 N–H and O–H groups in total. The van der Waals surface area contributed by atoms with Gasteiger partial charge < -0.3 is 14.6 Å². The van der Waals surface area contributed by atoms with Crippen LogP contribution >= 0.6 is 0 Å². The maximum Gasteiger partial charge on any atom is 0.182 e. The lowest BCUT2D eigenvalue weighted by Crippen LogP contribution is -2.51. The molecule has 1 fully saturated rings. The highest BCUT2D eigenvalue weighted by molar-refractivity contribution is 5.88. The number of ether oxygens (including phenoxy) is 2. The normalized spacial score (nSPS) is 28.9. The van der Waals surface area contributed by atoms with Crippen LogP contribution in [0.15, 0.2) is 0 Å². The molecule has 0 aromatic heterocycles. The van der Waals surface area contributed by atoms with Crippen molar-refractivity contribution in [2.24, 2.45) is 0 Å². The van der Waals surface area contributed by atoms with Crippen LogP contribution in [0.25, 0.3) is 0 Å². The maximum atomic E-state index is 11.7. The van der Waals surface area contributed by atoms with Gasteiger partial charge in [-0.05, 0) is 20.3 Å². The number of carbonyl (C=O) groups is 2. The zero-order valence-electron chi connectivity index (χ0n) is 10.6. The van der Waals surface area contributed by atoms with Crippen molar-refractivity contribution in [1.29, 1.82) is 0 Å². The predicted octanol–water partition coefficient (Wildman–Crippen LogP) is 0.827. The van der Waals surface area contributed by atoms with Gasteiger partial charge in [0.1, 0.15) is 0 Å². The Hall–Kier alpha value is -0.780. The molecule has 0 aromatic carbocycles. The SMILES string of the molecule is CCCCC(=O)[C@@H](O)[C@]1(C=O)COC(C)(C)O1. The first-order valence-electron chi connectivity index (χ1n) is 5.88. The number of unbranched alkanes of at least 4 members (excludes halogenated alkanes) is 1. The second-order valence-electron chi connectivity index (χ2n) is 4.84. The Balaban J connectivity index is 2.74. The minimum atomic E-state index is -1.55. The van der Waals surface area contributed by atoms with Crippen LogP contribution in [0.4, 0.5) is 0 Å². The molecule has 0 amide bonds. The lowest BCUT2D eigenvalue weighted by molar-refractivity contribution is -0.185. The van der Waals surface area contributed by atoms with E-state index in [2.05, 4.69) is 0 Å². The molecular formula is C12H20O5. The zero-order chi connectivity index (χ0) is 13.1. The van der Waals surface area contributed by atoms with Gasteiger partial charge in [0.15, 0.2) is 29.6 Å². The Morgan fingerprint density at radius 2 is 2.18 bits per heavy atom. The van der Waals surface area contributed by atoms with Gasteiger partial charge in [0.25, 0.3) is 0 Å². The van der Waals surface area contributed by atoms with E-state index in [4.69, 9.17) is 9.47 Å². The summed E-state index contributed by atoms with van der Waals surface area (Å²) in [7, 11) is 0. The molecule has 0 spiro atoms. The van der Waals surface area contributed by atoms with Crippen molar-refractivity contribution in [3.8, 4) is 0 Å². The van der Waals surface area contributed by atoms with E-state index in [1.807, 2.05) is 6.92 Å². The number of hydrogen-bond donors (Lipinski definition) is 1. The van der Waals surface area contributed by atoms with Crippen LogP contribution in [0.2, 0.25) is 0 Å². The molecule has 1 saturated heterocycles. The monoisotopic (exact) mass is 244 g/mol. The number of aliphatic hydroxyl groups excluding tert-OH is 1. The summed E-state index contributed by atoms with van der Waals surface area (Å²) in [6.45, 7) is 5.14. The van der Waals surface area contributed by atoms with Crippen LogP contribution in [0, 0.1) is 0 Å². The summed E-state index contributed by atoms with van der Waals surface area (Å²) < 4.78 is 10.6. The van der Waals surface area contributed by atoms with Crippen LogP contribution in [-0.4, -0.2) is 41.3 Å². The Bertz CT molecular complexity index is 299. The molecule has 1 aliphatic heterocycles. The standard InChI is InChI=1S/C12H20O5/c1-4-5-6-9(14)10(15)12(7-13)8-16-11(2,3)17-12/h7,10,15H,4-6,8H2,1-3H3/t10-,12+/m1/s1. The molecule has 0 bridgehead atoms. The van der Waals surface area contributed by atoms with Crippen molar-refractivity contribution in [2.45, 2.75) is 57.5 Å². The fourth-order valence-electron chi connectivity index (χ4n) is 1.82. The van der Waals surface area contributed by atoms with Gasteiger partial charge in [0, 0.05) is 6.42 Å². The van der Waals surface area contributed by atoms with Crippen LogP contribution in [0.1, 0.15) is 40.0 Å². The molecule has 1 aliphatic rings. The molecule has 0 saturated carbocycles. The highest BCUT2D eigenvalue weighted by atomic mass is 16.8. The van der Waals surface area contributed by atoms with Gasteiger partial charge in [0.05, 0.1) is 6.61 Å². The molecule has 0 unspecified atom stereocenters.